The van der Waals surface area contributed by atoms with Gasteiger partial charge in [-0.05, 0) is 44.9 Å². The molecule has 110 valence electrons. The number of hydrogen-bond acceptors (Lipinski definition) is 5. The van der Waals surface area contributed by atoms with Crippen LogP contribution in [0.4, 0.5) is 5.82 Å². The number of carbonyl (C=O) groups is 1. The molecule has 0 aromatic carbocycles. The first kappa shape index (κ1) is 14.7. The zero-order valence-corrected chi connectivity index (χ0v) is 12.4. The van der Waals surface area contributed by atoms with E-state index in [0.717, 1.165) is 18.7 Å². The highest BCUT2D eigenvalue weighted by molar-refractivity contribution is 5.91. The van der Waals surface area contributed by atoms with Crippen molar-refractivity contribution in [2.45, 2.75) is 37.8 Å². The Balaban J connectivity index is 1.99. The molecule has 0 radical (unpaired) electrons. The third kappa shape index (κ3) is 3.25. The number of hydrogen-bond donors (Lipinski definition) is 2. The number of aromatic nitrogens is 2. The molecule has 6 heteroatoms. The number of nitrogens with zero attached hydrogens (tertiary/aromatic N) is 3. The Morgan fingerprint density at radius 2 is 1.90 bits per heavy atom. The van der Waals surface area contributed by atoms with Crippen LogP contribution in [-0.4, -0.2) is 49.3 Å². The van der Waals surface area contributed by atoms with Crippen LogP contribution in [0.5, 0.6) is 0 Å². The second-order valence-corrected chi connectivity index (χ2v) is 5.26. The van der Waals surface area contributed by atoms with Gasteiger partial charge in [-0.1, -0.05) is 0 Å². The van der Waals surface area contributed by atoms with Crippen molar-refractivity contribution in [3.8, 4) is 0 Å². The summed E-state index contributed by atoms with van der Waals surface area (Å²) in [6, 6.07) is 4.72. The van der Waals surface area contributed by atoms with Crippen molar-refractivity contribution >= 4 is 11.7 Å². The highest BCUT2D eigenvalue weighted by Gasteiger charge is 2.24. The smallest absolute Gasteiger partial charge is 0.271 e. The van der Waals surface area contributed by atoms with Crippen LogP contribution in [0.1, 0.15) is 36.2 Å². The molecule has 1 aromatic rings. The van der Waals surface area contributed by atoms with Crippen molar-refractivity contribution in [2.75, 3.05) is 26.0 Å². The van der Waals surface area contributed by atoms with Gasteiger partial charge in [0.05, 0.1) is 0 Å². The number of anilines is 1. The summed E-state index contributed by atoms with van der Waals surface area (Å²) in [6.45, 7) is 0. The summed E-state index contributed by atoms with van der Waals surface area (Å²) in [5, 5.41) is 14.0. The summed E-state index contributed by atoms with van der Waals surface area (Å²) in [6.07, 6.45) is 4.69. The molecule has 1 aliphatic carbocycles. The lowest BCUT2D eigenvalue weighted by atomic mass is 9.90. The van der Waals surface area contributed by atoms with E-state index in [2.05, 4.69) is 25.7 Å². The van der Waals surface area contributed by atoms with Crippen molar-refractivity contribution < 1.29 is 4.79 Å². The normalized spacial score (nSPS) is 22.4. The fourth-order valence-electron chi connectivity index (χ4n) is 2.70. The number of nitrogens with one attached hydrogen (secondary N) is 2. The topological polar surface area (TPSA) is 70.2 Å². The molecule has 1 aliphatic rings. The van der Waals surface area contributed by atoms with Crippen LogP contribution >= 0.6 is 0 Å². The highest BCUT2D eigenvalue weighted by atomic mass is 16.1. The minimum Gasteiger partial charge on any atom is -0.355 e. The van der Waals surface area contributed by atoms with E-state index in [9.17, 15) is 4.79 Å². The van der Waals surface area contributed by atoms with Gasteiger partial charge in [0, 0.05) is 26.2 Å². The SMILES string of the molecule is CNC(=O)c1ccc(N(C)C2CCC(NC)CC2)nn1. The second kappa shape index (κ2) is 6.65. The quantitative estimate of drug-likeness (QED) is 0.852. The van der Waals surface area contributed by atoms with Crippen LogP contribution in [0.3, 0.4) is 0 Å². The Morgan fingerprint density at radius 1 is 1.20 bits per heavy atom. The van der Waals surface area contributed by atoms with Crippen molar-refractivity contribution in [3.63, 3.8) is 0 Å². The Bertz CT molecular complexity index is 439. The van der Waals surface area contributed by atoms with Gasteiger partial charge in [-0.3, -0.25) is 4.79 Å². The third-order valence-electron chi connectivity index (χ3n) is 4.12. The Hall–Kier alpha value is -1.69. The Kier molecular flexibility index (Phi) is 4.89. The monoisotopic (exact) mass is 277 g/mol. The lowest BCUT2D eigenvalue weighted by Crippen LogP contribution is -2.40. The molecule has 0 saturated heterocycles. The fraction of sp³-hybridized carbons (Fsp3) is 0.643. The first-order valence-electron chi connectivity index (χ1n) is 7.11. The highest BCUT2D eigenvalue weighted by Crippen LogP contribution is 2.24. The van der Waals surface area contributed by atoms with Crippen molar-refractivity contribution in [1.82, 2.24) is 20.8 Å². The molecule has 0 bridgehead atoms. The summed E-state index contributed by atoms with van der Waals surface area (Å²) < 4.78 is 0. The maximum Gasteiger partial charge on any atom is 0.271 e. The molecule has 0 atom stereocenters. The molecule has 2 N–H and O–H groups in total. The van der Waals surface area contributed by atoms with Crippen LogP contribution in [0.15, 0.2) is 12.1 Å². The van der Waals surface area contributed by atoms with E-state index < -0.39 is 0 Å². The van der Waals surface area contributed by atoms with Crippen LogP contribution in [0.2, 0.25) is 0 Å². The fourth-order valence-corrected chi connectivity index (χ4v) is 2.70. The molecule has 0 aliphatic heterocycles. The lowest BCUT2D eigenvalue weighted by molar-refractivity contribution is 0.0957. The van der Waals surface area contributed by atoms with Gasteiger partial charge in [0.1, 0.15) is 0 Å². The van der Waals surface area contributed by atoms with E-state index in [-0.39, 0.29) is 5.91 Å². The largest absolute Gasteiger partial charge is 0.355 e. The first-order valence-corrected chi connectivity index (χ1v) is 7.11. The van der Waals surface area contributed by atoms with Gasteiger partial charge in [0.25, 0.3) is 5.91 Å². The van der Waals surface area contributed by atoms with Gasteiger partial charge >= 0.3 is 0 Å². The maximum absolute atomic E-state index is 11.4. The summed E-state index contributed by atoms with van der Waals surface area (Å²) in [4.78, 5) is 13.6. The van der Waals surface area contributed by atoms with Crippen LogP contribution in [0.25, 0.3) is 0 Å². The average Bonchev–Trinajstić information content (AvgIpc) is 2.53. The molecule has 1 amide bonds. The van der Waals surface area contributed by atoms with E-state index in [1.807, 2.05) is 20.2 Å². The van der Waals surface area contributed by atoms with Gasteiger partial charge in [0.2, 0.25) is 0 Å². The molecule has 6 nitrogen and oxygen atoms in total. The molecule has 1 saturated carbocycles. The molecular formula is C14H23N5O. The van der Waals surface area contributed by atoms with E-state index in [1.54, 1.807) is 13.1 Å². The van der Waals surface area contributed by atoms with Crippen LogP contribution in [-0.2, 0) is 0 Å². The molecule has 2 rings (SSSR count). The Morgan fingerprint density at radius 3 is 2.40 bits per heavy atom. The molecule has 0 unspecified atom stereocenters. The molecular weight excluding hydrogens is 254 g/mol. The standard InChI is InChI=1S/C14H23N5O/c1-15-10-4-6-11(7-5-10)19(3)13-9-8-12(17-18-13)14(20)16-2/h8-11,15H,4-7H2,1-3H3,(H,16,20). The van der Waals surface area contributed by atoms with Gasteiger partial charge in [-0.2, -0.15) is 0 Å². The average molecular weight is 277 g/mol. The third-order valence-corrected chi connectivity index (χ3v) is 4.12. The predicted octanol–water partition coefficient (Wildman–Crippen LogP) is 0.803. The molecule has 20 heavy (non-hydrogen) atoms. The van der Waals surface area contributed by atoms with E-state index in [0.29, 0.717) is 17.8 Å². The zero-order chi connectivity index (χ0) is 14.5. The van der Waals surface area contributed by atoms with Crippen molar-refractivity contribution in [2.24, 2.45) is 0 Å². The predicted molar refractivity (Wildman–Crippen MR) is 78.9 cm³/mol. The van der Waals surface area contributed by atoms with Crippen LogP contribution in [0, 0.1) is 0 Å². The summed E-state index contributed by atoms with van der Waals surface area (Å²) >= 11 is 0. The van der Waals surface area contributed by atoms with E-state index >= 15 is 0 Å². The first-order chi connectivity index (χ1) is 9.65. The van der Waals surface area contributed by atoms with Crippen molar-refractivity contribution in [1.29, 1.82) is 0 Å². The zero-order valence-electron chi connectivity index (χ0n) is 12.4. The van der Waals surface area contributed by atoms with Gasteiger partial charge in [0.15, 0.2) is 11.5 Å². The minimum atomic E-state index is -0.207. The summed E-state index contributed by atoms with van der Waals surface area (Å²) in [5.41, 5.74) is 0.351. The Labute approximate surface area is 120 Å². The molecule has 0 spiro atoms. The number of amides is 1. The number of carbonyl (C=O) groups excluding carboxylic acids is 1. The van der Waals surface area contributed by atoms with Crippen molar-refractivity contribution in [3.05, 3.63) is 17.8 Å². The number of rotatable bonds is 4. The molecule has 1 heterocycles. The molecule has 1 aromatic heterocycles. The summed E-state index contributed by atoms with van der Waals surface area (Å²) in [7, 11) is 5.66. The molecule has 1 fully saturated rings. The maximum atomic E-state index is 11.4. The summed E-state index contributed by atoms with van der Waals surface area (Å²) in [5.74, 6) is 0.617. The van der Waals surface area contributed by atoms with E-state index in [1.165, 1.54) is 12.8 Å². The lowest BCUT2D eigenvalue weighted by Gasteiger charge is -2.35. The minimum absolute atomic E-state index is 0.207. The van der Waals surface area contributed by atoms with E-state index in [4.69, 9.17) is 0 Å². The second-order valence-electron chi connectivity index (χ2n) is 5.26. The van der Waals surface area contributed by atoms with Gasteiger partial charge in [-0.25, -0.2) is 0 Å². The van der Waals surface area contributed by atoms with Gasteiger partial charge < -0.3 is 15.5 Å². The van der Waals surface area contributed by atoms with Gasteiger partial charge in [-0.15, -0.1) is 10.2 Å². The van der Waals surface area contributed by atoms with Crippen LogP contribution < -0.4 is 15.5 Å².